The minimum Gasteiger partial charge on any atom is -0.468 e. The standard InChI is InChI=1S/C21H17N3O4S/c25-21(20-19-9-2-1-5-15(19)10-11-22-20)24-16-6-3-8-18(13-16)29(26,27)23-14-17-7-4-12-28-17/h1-13,23H,14H2,(H,24,25). The topological polar surface area (TPSA) is 101 Å². The zero-order valence-corrected chi connectivity index (χ0v) is 16.0. The normalized spacial score (nSPS) is 11.4. The number of carbonyl (C=O) groups excluding carboxylic acids is 1. The molecular weight excluding hydrogens is 390 g/mol. The summed E-state index contributed by atoms with van der Waals surface area (Å²) in [6.07, 6.45) is 3.04. The Labute approximate surface area is 167 Å². The lowest BCUT2D eigenvalue weighted by Crippen LogP contribution is -2.23. The maximum absolute atomic E-state index is 12.7. The van der Waals surface area contributed by atoms with Crippen molar-refractivity contribution in [3.8, 4) is 0 Å². The fraction of sp³-hybridized carbons (Fsp3) is 0.0476. The van der Waals surface area contributed by atoms with Crippen molar-refractivity contribution in [2.75, 3.05) is 5.32 Å². The average Bonchev–Trinajstić information content (AvgIpc) is 3.26. The van der Waals surface area contributed by atoms with Crippen LogP contribution in [0.2, 0.25) is 0 Å². The van der Waals surface area contributed by atoms with E-state index in [4.69, 9.17) is 4.42 Å². The molecule has 2 N–H and O–H groups in total. The van der Waals surface area contributed by atoms with Crippen LogP contribution in [-0.4, -0.2) is 19.3 Å². The second-order valence-corrected chi connectivity index (χ2v) is 8.03. The van der Waals surface area contributed by atoms with Gasteiger partial charge in [0.15, 0.2) is 0 Å². The van der Waals surface area contributed by atoms with Crippen LogP contribution in [0, 0.1) is 0 Å². The Balaban J connectivity index is 1.55. The molecule has 0 fully saturated rings. The molecule has 8 heteroatoms. The Morgan fingerprint density at radius 2 is 1.86 bits per heavy atom. The number of fused-ring (bicyclic) bond motifs is 1. The SMILES string of the molecule is O=C(Nc1cccc(S(=O)(=O)NCc2ccco2)c1)c1nccc2ccccc12. The zero-order chi connectivity index (χ0) is 20.3. The van der Waals surface area contributed by atoms with Crippen molar-refractivity contribution < 1.29 is 17.6 Å². The number of rotatable bonds is 6. The minimum absolute atomic E-state index is 0.0336. The monoisotopic (exact) mass is 407 g/mol. The van der Waals surface area contributed by atoms with Gasteiger partial charge < -0.3 is 9.73 Å². The van der Waals surface area contributed by atoms with E-state index >= 15 is 0 Å². The van der Waals surface area contributed by atoms with E-state index in [2.05, 4.69) is 15.0 Å². The summed E-state index contributed by atoms with van der Waals surface area (Å²) in [6.45, 7) is 0.0336. The van der Waals surface area contributed by atoms with Crippen molar-refractivity contribution in [3.05, 3.63) is 90.6 Å². The van der Waals surface area contributed by atoms with E-state index in [0.29, 0.717) is 11.4 Å². The molecule has 0 aliphatic rings. The first-order valence-electron chi connectivity index (χ1n) is 8.80. The molecule has 1 amide bonds. The van der Waals surface area contributed by atoms with Crippen LogP contribution in [0.4, 0.5) is 5.69 Å². The molecule has 0 aliphatic carbocycles. The molecule has 0 saturated carbocycles. The van der Waals surface area contributed by atoms with Gasteiger partial charge in [-0.2, -0.15) is 0 Å². The number of nitrogens with zero attached hydrogens (tertiary/aromatic N) is 1. The Bertz CT molecular complexity index is 1260. The van der Waals surface area contributed by atoms with E-state index in [1.54, 1.807) is 30.5 Å². The van der Waals surface area contributed by atoms with Crippen LogP contribution in [0.15, 0.2) is 88.5 Å². The molecule has 0 saturated heterocycles. The third-order valence-corrected chi connectivity index (χ3v) is 5.71. The molecule has 0 radical (unpaired) electrons. The predicted octanol–water partition coefficient (Wildman–Crippen LogP) is 3.56. The molecule has 146 valence electrons. The van der Waals surface area contributed by atoms with E-state index in [0.717, 1.165) is 10.8 Å². The Morgan fingerprint density at radius 3 is 2.69 bits per heavy atom. The zero-order valence-electron chi connectivity index (χ0n) is 15.2. The van der Waals surface area contributed by atoms with E-state index in [-0.39, 0.29) is 17.1 Å². The smallest absolute Gasteiger partial charge is 0.274 e. The van der Waals surface area contributed by atoms with Crippen LogP contribution in [0.25, 0.3) is 10.8 Å². The lowest BCUT2D eigenvalue weighted by atomic mass is 10.1. The Morgan fingerprint density at radius 1 is 1.00 bits per heavy atom. The van der Waals surface area contributed by atoms with Gasteiger partial charge >= 0.3 is 0 Å². The summed E-state index contributed by atoms with van der Waals surface area (Å²) >= 11 is 0. The van der Waals surface area contributed by atoms with Crippen molar-refractivity contribution >= 4 is 32.4 Å². The van der Waals surface area contributed by atoms with Crippen molar-refractivity contribution in [3.63, 3.8) is 0 Å². The van der Waals surface area contributed by atoms with E-state index in [1.807, 2.05) is 30.3 Å². The van der Waals surface area contributed by atoms with Gasteiger partial charge in [0.2, 0.25) is 10.0 Å². The average molecular weight is 407 g/mol. The van der Waals surface area contributed by atoms with Gasteiger partial charge in [0.25, 0.3) is 5.91 Å². The first-order chi connectivity index (χ1) is 14.0. The van der Waals surface area contributed by atoms with E-state index in [9.17, 15) is 13.2 Å². The van der Waals surface area contributed by atoms with Crippen LogP contribution < -0.4 is 10.0 Å². The fourth-order valence-electron chi connectivity index (χ4n) is 2.89. The van der Waals surface area contributed by atoms with Crippen LogP contribution in [0.1, 0.15) is 16.2 Å². The predicted molar refractivity (Wildman–Crippen MR) is 109 cm³/mol. The Hall–Kier alpha value is -3.49. The van der Waals surface area contributed by atoms with Crippen LogP contribution in [0.3, 0.4) is 0 Å². The van der Waals surface area contributed by atoms with Gasteiger partial charge in [0.1, 0.15) is 11.5 Å². The van der Waals surface area contributed by atoms with Crippen LogP contribution in [0.5, 0.6) is 0 Å². The first-order valence-corrected chi connectivity index (χ1v) is 10.3. The third kappa shape index (κ3) is 4.18. The number of amides is 1. The molecule has 2 aromatic carbocycles. The minimum atomic E-state index is -3.77. The number of sulfonamides is 1. The highest BCUT2D eigenvalue weighted by Crippen LogP contribution is 2.20. The summed E-state index contributed by atoms with van der Waals surface area (Å²) in [5.41, 5.74) is 0.623. The lowest BCUT2D eigenvalue weighted by Gasteiger charge is -2.10. The summed E-state index contributed by atoms with van der Waals surface area (Å²) in [4.78, 5) is 16.9. The molecule has 29 heavy (non-hydrogen) atoms. The number of benzene rings is 2. The van der Waals surface area contributed by atoms with Crippen LogP contribution >= 0.6 is 0 Å². The van der Waals surface area contributed by atoms with Crippen molar-refractivity contribution in [1.29, 1.82) is 0 Å². The summed E-state index contributed by atoms with van der Waals surface area (Å²) in [7, 11) is -3.77. The van der Waals surface area contributed by atoms with Crippen LogP contribution in [-0.2, 0) is 16.6 Å². The van der Waals surface area contributed by atoms with E-state index < -0.39 is 15.9 Å². The molecule has 0 aliphatic heterocycles. The second-order valence-electron chi connectivity index (χ2n) is 6.27. The quantitative estimate of drug-likeness (QED) is 0.509. The summed E-state index contributed by atoms with van der Waals surface area (Å²) in [6, 6.07) is 18.6. The number of hydrogen-bond acceptors (Lipinski definition) is 5. The number of aromatic nitrogens is 1. The molecule has 0 bridgehead atoms. The summed E-state index contributed by atoms with van der Waals surface area (Å²) in [5.74, 6) is 0.0833. The van der Waals surface area contributed by atoms with Crippen molar-refractivity contribution in [2.24, 2.45) is 0 Å². The highest BCUT2D eigenvalue weighted by atomic mass is 32.2. The van der Waals surface area contributed by atoms with Gasteiger partial charge in [0, 0.05) is 17.3 Å². The number of carbonyl (C=O) groups is 1. The third-order valence-electron chi connectivity index (χ3n) is 4.31. The molecule has 0 spiro atoms. The number of pyridine rings is 1. The van der Waals surface area contributed by atoms with Gasteiger partial charge in [-0.3, -0.25) is 9.78 Å². The molecule has 4 rings (SSSR count). The van der Waals surface area contributed by atoms with Gasteiger partial charge in [0.05, 0.1) is 17.7 Å². The van der Waals surface area contributed by atoms with Gasteiger partial charge in [-0.25, -0.2) is 13.1 Å². The molecular formula is C21H17N3O4S. The summed E-state index contributed by atoms with van der Waals surface area (Å²) < 4.78 is 32.7. The molecule has 7 nitrogen and oxygen atoms in total. The Kier molecular flexibility index (Phi) is 5.11. The number of anilines is 1. The number of hydrogen-bond donors (Lipinski definition) is 2. The number of nitrogens with one attached hydrogen (secondary N) is 2. The summed E-state index contributed by atoms with van der Waals surface area (Å²) in [5, 5.41) is 4.33. The van der Waals surface area contributed by atoms with Gasteiger partial charge in [-0.05, 0) is 41.8 Å². The highest BCUT2D eigenvalue weighted by molar-refractivity contribution is 7.89. The van der Waals surface area contributed by atoms with E-state index in [1.165, 1.54) is 18.4 Å². The lowest BCUT2D eigenvalue weighted by molar-refractivity contribution is 0.102. The van der Waals surface area contributed by atoms with Gasteiger partial charge in [-0.15, -0.1) is 0 Å². The molecule has 0 unspecified atom stereocenters. The maximum Gasteiger partial charge on any atom is 0.274 e. The molecule has 2 heterocycles. The molecule has 2 aromatic heterocycles. The second kappa shape index (κ2) is 7.86. The van der Waals surface area contributed by atoms with Crippen molar-refractivity contribution in [2.45, 2.75) is 11.4 Å². The number of furan rings is 1. The molecule has 0 atom stereocenters. The maximum atomic E-state index is 12.7. The fourth-order valence-corrected chi connectivity index (χ4v) is 3.93. The van der Waals surface area contributed by atoms with Crippen molar-refractivity contribution in [1.82, 2.24) is 9.71 Å². The van der Waals surface area contributed by atoms with Gasteiger partial charge in [-0.1, -0.05) is 30.3 Å². The first kappa shape index (κ1) is 18.9. The largest absolute Gasteiger partial charge is 0.468 e. The molecule has 4 aromatic rings. The highest BCUT2D eigenvalue weighted by Gasteiger charge is 2.17.